The second kappa shape index (κ2) is 7.36. The smallest absolute Gasteiger partial charge is 0.267 e. The lowest BCUT2D eigenvalue weighted by atomic mass is 10.2. The number of halogens is 1. The Balaban J connectivity index is 2.03. The van der Waals surface area contributed by atoms with Gasteiger partial charge in [-0.2, -0.15) is 0 Å². The van der Waals surface area contributed by atoms with E-state index in [2.05, 4.69) is 10.9 Å². The molecule has 10 nitrogen and oxygen atoms in total. The molecule has 2 N–H and O–H groups in total. The van der Waals surface area contributed by atoms with Gasteiger partial charge in [-0.3, -0.25) is 40.7 Å². The minimum atomic E-state index is -0.782. The second-order valence-corrected chi connectivity index (χ2v) is 5.04. The molecule has 0 aliphatic rings. The molecule has 2 amide bonds. The highest BCUT2D eigenvalue weighted by Crippen LogP contribution is 2.22. The van der Waals surface area contributed by atoms with E-state index in [0.29, 0.717) is 0 Å². The molecule has 0 heterocycles. The van der Waals surface area contributed by atoms with E-state index in [4.69, 9.17) is 11.6 Å². The van der Waals surface area contributed by atoms with Crippen LogP contribution in [0.1, 0.15) is 20.7 Å². The predicted molar refractivity (Wildman–Crippen MR) is 86.1 cm³/mol. The highest BCUT2D eigenvalue weighted by Gasteiger charge is 2.16. The molecule has 0 saturated carbocycles. The number of hydrazine groups is 1. The number of non-ortho nitro benzene ring substituents is 2. The molecule has 2 aromatic rings. The summed E-state index contributed by atoms with van der Waals surface area (Å²) in [4.78, 5) is 43.7. The van der Waals surface area contributed by atoms with Crippen LogP contribution in [0.3, 0.4) is 0 Å². The summed E-state index contributed by atoms with van der Waals surface area (Å²) in [6, 6.07) is 7.98. The summed E-state index contributed by atoms with van der Waals surface area (Å²) >= 11 is 5.81. The Kier molecular flexibility index (Phi) is 5.25. The highest BCUT2D eigenvalue weighted by atomic mass is 35.5. The van der Waals surface area contributed by atoms with Crippen LogP contribution in [-0.2, 0) is 0 Å². The highest BCUT2D eigenvalue weighted by molar-refractivity contribution is 6.34. The van der Waals surface area contributed by atoms with Gasteiger partial charge in [-0.15, -0.1) is 0 Å². The van der Waals surface area contributed by atoms with Crippen molar-refractivity contribution in [2.24, 2.45) is 0 Å². The van der Waals surface area contributed by atoms with Gasteiger partial charge in [0.15, 0.2) is 0 Å². The van der Waals surface area contributed by atoms with Crippen molar-refractivity contribution in [3.05, 3.63) is 78.8 Å². The third kappa shape index (κ3) is 4.26. The van der Waals surface area contributed by atoms with Gasteiger partial charge in [-0.05, 0) is 18.2 Å². The quantitative estimate of drug-likeness (QED) is 0.628. The van der Waals surface area contributed by atoms with Crippen molar-refractivity contribution in [2.75, 3.05) is 0 Å². The number of nitro groups is 2. The molecule has 0 bridgehead atoms. The van der Waals surface area contributed by atoms with E-state index in [-0.39, 0.29) is 27.5 Å². The van der Waals surface area contributed by atoms with E-state index in [1.54, 1.807) is 0 Å². The minimum Gasteiger partial charge on any atom is -0.267 e. The van der Waals surface area contributed by atoms with Crippen LogP contribution in [0.2, 0.25) is 5.02 Å². The number of nitro benzene ring substituents is 2. The number of rotatable bonds is 4. The first-order valence-electron chi connectivity index (χ1n) is 6.58. The first-order chi connectivity index (χ1) is 11.8. The molecule has 0 atom stereocenters. The number of nitrogens with zero attached hydrogens (tertiary/aromatic N) is 2. The van der Waals surface area contributed by atoms with Gasteiger partial charge in [0.25, 0.3) is 23.2 Å². The van der Waals surface area contributed by atoms with Crippen LogP contribution in [0, 0.1) is 20.2 Å². The fraction of sp³-hybridized carbons (Fsp3) is 0. The van der Waals surface area contributed by atoms with Crippen molar-refractivity contribution in [2.45, 2.75) is 0 Å². The second-order valence-electron chi connectivity index (χ2n) is 4.63. The lowest BCUT2D eigenvalue weighted by Crippen LogP contribution is -2.41. The summed E-state index contributed by atoms with van der Waals surface area (Å²) in [7, 11) is 0. The SMILES string of the molecule is O=C(NNC(=O)c1ccc([N+](=O)[O-])cc1Cl)c1ccc([N+](=O)[O-])cc1. The van der Waals surface area contributed by atoms with Gasteiger partial charge in [0.1, 0.15) is 0 Å². The van der Waals surface area contributed by atoms with E-state index in [9.17, 15) is 29.8 Å². The largest absolute Gasteiger partial charge is 0.271 e. The molecular formula is C14H9ClN4O6. The molecule has 0 aliphatic carbocycles. The molecular weight excluding hydrogens is 356 g/mol. The molecule has 0 aliphatic heterocycles. The lowest BCUT2D eigenvalue weighted by molar-refractivity contribution is -0.385. The van der Waals surface area contributed by atoms with E-state index < -0.39 is 21.7 Å². The summed E-state index contributed by atoms with van der Waals surface area (Å²) in [6.45, 7) is 0. The van der Waals surface area contributed by atoms with Gasteiger partial charge in [-0.1, -0.05) is 11.6 Å². The molecule has 0 spiro atoms. The zero-order valence-corrected chi connectivity index (χ0v) is 13.0. The molecule has 0 saturated heterocycles. The Labute approximate surface area is 144 Å². The molecule has 0 aromatic heterocycles. The zero-order valence-electron chi connectivity index (χ0n) is 12.3. The molecule has 0 unspecified atom stereocenters. The average molecular weight is 365 g/mol. The number of hydrogen-bond donors (Lipinski definition) is 2. The zero-order chi connectivity index (χ0) is 18.6. The summed E-state index contributed by atoms with van der Waals surface area (Å²) in [6.07, 6.45) is 0. The summed E-state index contributed by atoms with van der Waals surface area (Å²) in [5.74, 6) is -1.49. The maximum absolute atomic E-state index is 12.0. The van der Waals surface area contributed by atoms with Crippen LogP contribution in [0.15, 0.2) is 42.5 Å². The molecule has 0 fully saturated rings. The van der Waals surface area contributed by atoms with Crippen molar-refractivity contribution in [1.29, 1.82) is 0 Å². The fourth-order valence-corrected chi connectivity index (χ4v) is 2.05. The lowest BCUT2D eigenvalue weighted by Gasteiger charge is -2.08. The van der Waals surface area contributed by atoms with Gasteiger partial charge in [0.05, 0.1) is 20.4 Å². The Morgan fingerprint density at radius 1 is 0.840 bits per heavy atom. The number of carbonyl (C=O) groups excluding carboxylic acids is 2. The average Bonchev–Trinajstić information content (AvgIpc) is 2.59. The standard InChI is InChI=1S/C14H9ClN4O6/c15-12-7-10(19(24)25)5-6-11(12)14(21)17-16-13(20)8-1-3-9(4-2-8)18(22)23/h1-7H,(H,16,20)(H,17,21). The third-order valence-corrected chi connectivity index (χ3v) is 3.35. The number of hydrogen-bond acceptors (Lipinski definition) is 6. The monoisotopic (exact) mass is 364 g/mol. The molecule has 0 radical (unpaired) electrons. The van der Waals surface area contributed by atoms with Crippen molar-refractivity contribution < 1.29 is 19.4 Å². The Morgan fingerprint density at radius 3 is 1.88 bits per heavy atom. The fourth-order valence-electron chi connectivity index (χ4n) is 1.79. The van der Waals surface area contributed by atoms with Gasteiger partial charge in [-0.25, -0.2) is 0 Å². The van der Waals surface area contributed by atoms with Crippen LogP contribution in [0.5, 0.6) is 0 Å². The van der Waals surface area contributed by atoms with Crippen LogP contribution < -0.4 is 10.9 Å². The van der Waals surface area contributed by atoms with Gasteiger partial charge < -0.3 is 0 Å². The van der Waals surface area contributed by atoms with Gasteiger partial charge in [0.2, 0.25) is 0 Å². The maximum Gasteiger partial charge on any atom is 0.271 e. The minimum absolute atomic E-state index is 0.0729. The Morgan fingerprint density at radius 2 is 1.36 bits per heavy atom. The Bertz CT molecular complexity index is 868. The van der Waals surface area contributed by atoms with E-state index in [1.807, 2.05) is 0 Å². The first kappa shape index (κ1) is 17.8. The summed E-state index contributed by atoms with van der Waals surface area (Å²) in [5.41, 5.74) is 3.75. The van der Waals surface area contributed by atoms with Crippen LogP contribution in [0.25, 0.3) is 0 Å². The van der Waals surface area contributed by atoms with Crippen molar-refractivity contribution in [3.63, 3.8) is 0 Å². The van der Waals surface area contributed by atoms with E-state index in [0.717, 1.165) is 30.3 Å². The number of carbonyl (C=O) groups is 2. The van der Waals surface area contributed by atoms with Crippen LogP contribution >= 0.6 is 11.6 Å². The van der Waals surface area contributed by atoms with Gasteiger partial charge >= 0.3 is 0 Å². The molecule has 11 heteroatoms. The number of amides is 2. The first-order valence-corrected chi connectivity index (χ1v) is 6.96. The molecule has 2 rings (SSSR count). The Hall–Kier alpha value is -3.53. The molecule has 128 valence electrons. The summed E-state index contributed by atoms with van der Waals surface area (Å²) < 4.78 is 0. The van der Waals surface area contributed by atoms with Gasteiger partial charge in [0, 0.05) is 29.8 Å². The van der Waals surface area contributed by atoms with Crippen LogP contribution in [-0.4, -0.2) is 21.7 Å². The van der Waals surface area contributed by atoms with Crippen LogP contribution in [0.4, 0.5) is 11.4 Å². The number of nitrogens with one attached hydrogen (secondary N) is 2. The topological polar surface area (TPSA) is 144 Å². The van der Waals surface area contributed by atoms with E-state index in [1.165, 1.54) is 12.1 Å². The van der Waals surface area contributed by atoms with Crippen molar-refractivity contribution >= 4 is 34.8 Å². The molecule has 25 heavy (non-hydrogen) atoms. The van der Waals surface area contributed by atoms with Crippen molar-refractivity contribution in [3.8, 4) is 0 Å². The van der Waals surface area contributed by atoms with Crippen molar-refractivity contribution in [1.82, 2.24) is 10.9 Å². The summed E-state index contributed by atoms with van der Waals surface area (Å²) in [5, 5.41) is 21.0. The maximum atomic E-state index is 12.0. The normalized spacial score (nSPS) is 9.96. The third-order valence-electron chi connectivity index (χ3n) is 3.04. The number of benzene rings is 2. The predicted octanol–water partition coefficient (Wildman–Crippen LogP) is 2.23. The molecule has 2 aromatic carbocycles. The van der Waals surface area contributed by atoms with E-state index >= 15 is 0 Å².